The van der Waals surface area contributed by atoms with Crippen molar-refractivity contribution in [2.24, 2.45) is 0 Å². The average molecular weight is 92.2 g/mol. The summed E-state index contributed by atoms with van der Waals surface area (Å²) in [4.78, 5) is 0. The summed E-state index contributed by atoms with van der Waals surface area (Å²) in [6.07, 6.45) is 1.01. The molecule has 0 unspecified atom stereocenters. The van der Waals surface area contributed by atoms with Gasteiger partial charge in [0.1, 0.15) is 0 Å². The topological polar surface area (TPSA) is 31.5 Å². The van der Waals surface area contributed by atoms with Crippen molar-refractivity contribution in [2.45, 2.75) is 13.3 Å². The van der Waals surface area contributed by atoms with Crippen LogP contribution in [0.5, 0.6) is 0 Å². The minimum Gasteiger partial charge on any atom is -0.412 e. The van der Waals surface area contributed by atoms with Crippen molar-refractivity contribution < 1.29 is 5.48 Å². The highest BCUT2D eigenvalue weighted by Crippen LogP contribution is 1.59. The van der Waals surface area contributed by atoms with Gasteiger partial charge in [0.25, 0.3) is 0 Å². The Labute approximate surface area is 37.3 Å². The number of thiocarbonyl (C=S) groups is 1. The predicted molar refractivity (Wildman–Crippen MR) is 27.6 cm³/mol. The third kappa shape index (κ3) is 15.4. The molecule has 0 aromatic rings. The maximum atomic E-state index is 4.43. The van der Waals surface area contributed by atoms with Gasteiger partial charge in [-0.05, 0) is 11.8 Å². The maximum absolute atomic E-state index is 4.43. The molecule has 32 valence electrons. The fraction of sp³-hybridized carbons (Fsp3) is 0.667. The largest absolute Gasteiger partial charge is 0.412 e. The van der Waals surface area contributed by atoms with E-state index in [1.54, 1.807) is 5.37 Å². The van der Waals surface area contributed by atoms with Crippen molar-refractivity contribution in [1.82, 2.24) is 0 Å². The van der Waals surface area contributed by atoms with Crippen LogP contribution in [0.3, 0.4) is 0 Å². The van der Waals surface area contributed by atoms with Crippen LogP contribution in [0.1, 0.15) is 13.3 Å². The van der Waals surface area contributed by atoms with Crippen LogP contribution < -0.4 is 0 Å². The second-order valence-corrected chi connectivity index (χ2v) is 0.908. The molecule has 1 nitrogen and oxygen atoms in total. The molecule has 5 heavy (non-hydrogen) atoms. The van der Waals surface area contributed by atoms with Crippen LogP contribution in [0.25, 0.3) is 0 Å². The highest BCUT2D eigenvalue weighted by atomic mass is 32.1. The molecule has 0 bridgehead atoms. The van der Waals surface area contributed by atoms with Gasteiger partial charge in [0, 0.05) is 0 Å². The van der Waals surface area contributed by atoms with Crippen molar-refractivity contribution in [3.63, 3.8) is 0 Å². The molecule has 0 fully saturated rings. The molecule has 0 saturated heterocycles. The zero-order valence-electron chi connectivity index (χ0n) is 3.19. The summed E-state index contributed by atoms with van der Waals surface area (Å²) in [6.45, 7) is 2.02. The van der Waals surface area contributed by atoms with Crippen molar-refractivity contribution in [2.75, 3.05) is 0 Å². The molecule has 2 heteroatoms. The van der Waals surface area contributed by atoms with E-state index < -0.39 is 0 Å². The summed E-state index contributed by atoms with van der Waals surface area (Å²) >= 11 is 4.43. The van der Waals surface area contributed by atoms with Gasteiger partial charge in [-0.3, -0.25) is 0 Å². The van der Waals surface area contributed by atoms with Crippen LogP contribution in [0.15, 0.2) is 0 Å². The molecule has 0 atom stereocenters. The molecule has 0 saturated carbocycles. The van der Waals surface area contributed by atoms with E-state index in [4.69, 9.17) is 0 Å². The first-order chi connectivity index (χ1) is 1.91. The van der Waals surface area contributed by atoms with Crippen molar-refractivity contribution in [3.05, 3.63) is 0 Å². The smallest absolute Gasteiger partial charge is 0.0213 e. The quantitative estimate of drug-likeness (QED) is 0.435. The summed E-state index contributed by atoms with van der Waals surface area (Å²) < 4.78 is 0. The fourth-order valence-corrected chi connectivity index (χ4v) is 0. The van der Waals surface area contributed by atoms with Gasteiger partial charge in [0.05, 0.1) is 0 Å². The first kappa shape index (κ1) is 8.90. The average Bonchev–Trinajstić information content (AvgIpc) is 1.37. The second kappa shape index (κ2) is 8.96. The standard InChI is InChI=1S/C3H6S.H2O/c1-2-3-4;/h3H,2H2,1H3;1H2. The van der Waals surface area contributed by atoms with Crippen LogP contribution in [-0.2, 0) is 0 Å². The highest BCUT2D eigenvalue weighted by molar-refractivity contribution is 7.78. The molecule has 0 radical (unpaired) electrons. The summed E-state index contributed by atoms with van der Waals surface area (Å²) in [5, 5.41) is 1.71. The molecular weight excluding hydrogens is 84.1 g/mol. The summed E-state index contributed by atoms with van der Waals surface area (Å²) in [7, 11) is 0. The van der Waals surface area contributed by atoms with Gasteiger partial charge in [0.2, 0.25) is 0 Å². The SMILES string of the molecule is CCC=S.O. The van der Waals surface area contributed by atoms with Gasteiger partial charge < -0.3 is 5.48 Å². The molecule has 0 amide bonds. The molecule has 0 aliphatic carbocycles. The van der Waals surface area contributed by atoms with Gasteiger partial charge in [0.15, 0.2) is 0 Å². The van der Waals surface area contributed by atoms with Crippen LogP contribution in [0.4, 0.5) is 0 Å². The Bertz CT molecular complexity index is 20.9. The lowest BCUT2D eigenvalue weighted by atomic mass is 10.6. The van der Waals surface area contributed by atoms with Crippen molar-refractivity contribution >= 4 is 17.6 Å². The fourth-order valence-electron chi connectivity index (χ4n) is 0. The van der Waals surface area contributed by atoms with E-state index in [9.17, 15) is 0 Å². The zero-order chi connectivity index (χ0) is 3.41. The van der Waals surface area contributed by atoms with Crippen molar-refractivity contribution in [1.29, 1.82) is 0 Å². The number of hydrogen-bond donors (Lipinski definition) is 0. The van der Waals surface area contributed by atoms with Crippen LogP contribution >= 0.6 is 12.2 Å². The first-order valence-electron chi connectivity index (χ1n) is 1.35. The Morgan fingerprint density at radius 1 is 1.80 bits per heavy atom. The van der Waals surface area contributed by atoms with Crippen LogP contribution in [-0.4, -0.2) is 10.8 Å². The Hall–Kier alpha value is 0.0500. The number of hydrogen-bond acceptors (Lipinski definition) is 1. The van der Waals surface area contributed by atoms with E-state index in [2.05, 4.69) is 12.2 Å². The van der Waals surface area contributed by atoms with Crippen LogP contribution in [0.2, 0.25) is 0 Å². The minimum absolute atomic E-state index is 0. The Kier molecular flexibility index (Phi) is 16.0. The Balaban J connectivity index is 0. The normalized spacial score (nSPS) is 5.00. The zero-order valence-corrected chi connectivity index (χ0v) is 4.01. The molecule has 0 aliphatic heterocycles. The minimum atomic E-state index is 0. The molecule has 0 aromatic heterocycles. The number of rotatable bonds is 1. The lowest BCUT2D eigenvalue weighted by Gasteiger charge is -1.55. The van der Waals surface area contributed by atoms with E-state index in [1.807, 2.05) is 6.92 Å². The Morgan fingerprint density at radius 2 is 2.00 bits per heavy atom. The lowest BCUT2D eigenvalue weighted by Crippen LogP contribution is -1.49. The van der Waals surface area contributed by atoms with Gasteiger partial charge in [-0.2, -0.15) is 0 Å². The monoisotopic (exact) mass is 92.0 g/mol. The molecule has 0 aliphatic rings. The Morgan fingerprint density at radius 3 is 2.00 bits per heavy atom. The van der Waals surface area contributed by atoms with Gasteiger partial charge in [-0.1, -0.05) is 19.1 Å². The van der Waals surface area contributed by atoms with Crippen LogP contribution in [0, 0.1) is 0 Å². The summed E-state index contributed by atoms with van der Waals surface area (Å²) in [5.74, 6) is 0. The first-order valence-corrected chi connectivity index (χ1v) is 1.82. The van der Waals surface area contributed by atoms with E-state index in [0.717, 1.165) is 6.42 Å². The van der Waals surface area contributed by atoms with E-state index in [-0.39, 0.29) is 5.48 Å². The van der Waals surface area contributed by atoms with E-state index >= 15 is 0 Å². The predicted octanol–water partition coefficient (Wildman–Crippen LogP) is 0.571. The molecule has 0 aromatic carbocycles. The van der Waals surface area contributed by atoms with Gasteiger partial charge >= 0.3 is 0 Å². The summed E-state index contributed by atoms with van der Waals surface area (Å²) in [5.41, 5.74) is 0. The third-order valence-corrected chi connectivity index (χ3v) is 0.500. The maximum Gasteiger partial charge on any atom is -0.0213 e. The lowest BCUT2D eigenvalue weighted by molar-refractivity contribution is 0.824. The van der Waals surface area contributed by atoms with Crippen molar-refractivity contribution in [3.8, 4) is 0 Å². The molecule has 0 rings (SSSR count). The van der Waals surface area contributed by atoms with E-state index in [1.165, 1.54) is 0 Å². The third-order valence-electron chi connectivity index (χ3n) is 0.167. The second-order valence-electron chi connectivity index (χ2n) is 0.575. The van der Waals surface area contributed by atoms with E-state index in [0.29, 0.717) is 0 Å². The van der Waals surface area contributed by atoms with Gasteiger partial charge in [-0.15, -0.1) is 0 Å². The highest BCUT2D eigenvalue weighted by Gasteiger charge is 1.48. The molecule has 0 heterocycles. The molecule has 2 N–H and O–H groups in total. The van der Waals surface area contributed by atoms with Gasteiger partial charge in [-0.25, -0.2) is 0 Å². The molecular formula is C3H8OS. The summed E-state index contributed by atoms with van der Waals surface area (Å²) in [6, 6.07) is 0. The molecule has 0 spiro atoms.